The van der Waals surface area contributed by atoms with Gasteiger partial charge >= 0.3 is 0 Å². The van der Waals surface area contributed by atoms with E-state index in [1.165, 1.54) is 54.8 Å². The van der Waals surface area contributed by atoms with E-state index >= 15 is 0 Å². The monoisotopic (exact) mass is 565 g/mol. The van der Waals surface area contributed by atoms with Crippen LogP contribution >= 0.6 is 0 Å². The lowest BCUT2D eigenvalue weighted by Crippen LogP contribution is -2.15. The van der Waals surface area contributed by atoms with Crippen molar-refractivity contribution in [2.45, 2.75) is 19.3 Å². The molecule has 3 aromatic heterocycles. The summed E-state index contributed by atoms with van der Waals surface area (Å²) >= 11 is 0. The molecule has 3 heterocycles. The van der Waals surface area contributed by atoms with Crippen LogP contribution < -0.4 is 0 Å². The Bertz CT molecular complexity index is 2610. The number of benzene rings is 6. The molecule has 0 saturated carbocycles. The minimum absolute atomic E-state index is 0.166. The number of hydrogen-bond donors (Lipinski definition) is 0. The number of nitrogens with zero attached hydrogens (tertiary/aromatic N) is 1. The molecule has 0 amide bonds. The largest absolute Gasteiger partial charge is 0.456 e. The molecule has 3 nitrogen and oxygen atoms in total. The highest BCUT2D eigenvalue weighted by Crippen LogP contribution is 2.53. The van der Waals surface area contributed by atoms with E-state index in [-0.39, 0.29) is 5.41 Å². The molecule has 0 unspecified atom stereocenters. The van der Waals surface area contributed by atoms with Gasteiger partial charge < -0.3 is 13.4 Å². The number of fused-ring (bicyclic) bond motifs is 11. The average molecular weight is 566 g/mol. The zero-order valence-corrected chi connectivity index (χ0v) is 24.4. The van der Waals surface area contributed by atoms with Crippen molar-refractivity contribution in [2.75, 3.05) is 0 Å². The lowest BCUT2D eigenvalue weighted by molar-refractivity contribution is 0.631. The average Bonchev–Trinajstić information content (AvgIpc) is 3.79. The van der Waals surface area contributed by atoms with E-state index < -0.39 is 0 Å². The fourth-order valence-corrected chi connectivity index (χ4v) is 7.66. The Morgan fingerprint density at radius 2 is 1.32 bits per heavy atom. The molecule has 9 aromatic rings. The van der Waals surface area contributed by atoms with Gasteiger partial charge in [-0.3, -0.25) is 0 Å². The summed E-state index contributed by atoms with van der Waals surface area (Å²) in [5.74, 6) is 0.888. The Balaban J connectivity index is 1.19. The van der Waals surface area contributed by atoms with Gasteiger partial charge in [-0.15, -0.1) is 0 Å². The smallest absolute Gasteiger partial charge is 0.143 e. The van der Waals surface area contributed by atoms with Crippen LogP contribution in [0.5, 0.6) is 0 Å². The number of para-hydroxylation sites is 3. The first-order valence-corrected chi connectivity index (χ1v) is 15.2. The van der Waals surface area contributed by atoms with Crippen LogP contribution in [-0.2, 0) is 5.41 Å². The topological polar surface area (TPSA) is 31.2 Å². The van der Waals surface area contributed by atoms with Gasteiger partial charge in [0.1, 0.15) is 22.5 Å². The van der Waals surface area contributed by atoms with Gasteiger partial charge in [-0.05, 0) is 71.3 Å². The summed E-state index contributed by atoms with van der Waals surface area (Å²) in [7, 11) is 0. The molecule has 1 aliphatic carbocycles. The quantitative estimate of drug-likeness (QED) is 0.209. The predicted molar refractivity (Wildman–Crippen MR) is 181 cm³/mol. The standard InChI is InChI=1S/C41H27NO2/c1-41(2)32-19-18-29-28-11-5-8-14-37(28)44-40(29)39(32)30-17-16-26(23-33(30)41)42-34-12-6-4-10-27(34)31-21-25(15-20-35(31)42)38-22-24-9-3-7-13-36(24)43-38/h3-23H,1-2H3. The van der Waals surface area contributed by atoms with Gasteiger partial charge in [-0.2, -0.15) is 0 Å². The van der Waals surface area contributed by atoms with Crippen LogP contribution in [0.1, 0.15) is 25.0 Å². The van der Waals surface area contributed by atoms with Gasteiger partial charge in [0.05, 0.1) is 11.0 Å². The van der Waals surface area contributed by atoms with E-state index in [1.807, 2.05) is 24.3 Å². The van der Waals surface area contributed by atoms with Gasteiger partial charge in [0.2, 0.25) is 0 Å². The SMILES string of the molecule is CC1(C)c2cc(-n3c4ccccc4c4cc(-c5cc6ccccc6o5)ccc43)ccc2-c2c1ccc1c2oc2ccccc21. The first-order valence-electron chi connectivity index (χ1n) is 15.2. The third kappa shape index (κ3) is 3.06. The van der Waals surface area contributed by atoms with E-state index in [4.69, 9.17) is 8.83 Å². The molecule has 0 atom stereocenters. The van der Waals surface area contributed by atoms with Crippen molar-refractivity contribution in [3.8, 4) is 28.1 Å². The highest BCUT2D eigenvalue weighted by molar-refractivity contribution is 6.13. The van der Waals surface area contributed by atoms with E-state index in [0.717, 1.165) is 39.1 Å². The van der Waals surface area contributed by atoms with Crippen LogP contribution in [0.25, 0.3) is 82.9 Å². The van der Waals surface area contributed by atoms with Gasteiger partial charge in [-0.25, -0.2) is 0 Å². The molecule has 0 radical (unpaired) electrons. The van der Waals surface area contributed by atoms with Crippen molar-refractivity contribution in [3.05, 3.63) is 139 Å². The zero-order valence-electron chi connectivity index (χ0n) is 24.4. The van der Waals surface area contributed by atoms with E-state index in [9.17, 15) is 0 Å². The van der Waals surface area contributed by atoms with Crippen molar-refractivity contribution in [3.63, 3.8) is 0 Å². The molecular weight excluding hydrogens is 538 g/mol. The number of furan rings is 2. The Morgan fingerprint density at radius 1 is 0.545 bits per heavy atom. The minimum Gasteiger partial charge on any atom is -0.456 e. The lowest BCUT2D eigenvalue weighted by Gasteiger charge is -2.22. The first kappa shape index (κ1) is 24.0. The van der Waals surface area contributed by atoms with Crippen molar-refractivity contribution < 1.29 is 8.83 Å². The Hall–Kier alpha value is -5.54. The molecule has 0 N–H and O–H groups in total. The fourth-order valence-electron chi connectivity index (χ4n) is 7.66. The first-order chi connectivity index (χ1) is 21.6. The maximum Gasteiger partial charge on any atom is 0.143 e. The second-order valence-electron chi connectivity index (χ2n) is 12.6. The second kappa shape index (κ2) is 8.30. The summed E-state index contributed by atoms with van der Waals surface area (Å²) in [6.45, 7) is 4.67. The molecule has 1 aliphatic rings. The highest BCUT2D eigenvalue weighted by Gasteiger charge is 2.38. The normalized spacial score (nSPS) is 13.9. The molecule has 6 aromatic carbocycles. The molecule has 0 spiro atoms. The van der Waals surface area contributed by atoms with Crippen LogP contribution in [0.15, 0.2) is 136 Å². The molecule has 0 fully saturated rings. The molecule has 44 heavy (non-hydrogen) atoms. The molecular formula is C41H27NO2. The van der Waals surface area contributed by atoms with Crippen molar-refractivity contribution in [1.82, 2.24) is 4.57 Å². The van der Waals surface area contributed by atoms with E-state index in [2.05, 4.69) is 122 Å². The van der Waals surface area contributed by atoms with Crippen molar-refractivity contribution in [2.24, 2.45) is 0 Å². The summed E-state index contributed by atoms with van der Waals surface area (Å²) in [6.07, 6.45) is 0. The Labute approximate surface area is 253 Å². The third-order valence-corrected chi connectivity index (χ3v) is 9.81. The fraction of sp³-hybridized carbons (Fsp3) is 0.0732. The summed E-state index contributed by atoms with van der Waals surface area (Å²) in [5.41, 5.74) is 12.4. The molecule has 0 aliphatic heterocycles. The second-order valence-corrected chi connectivity index (χ2v) is 12.6. The minimum atomic E-state index is -0.166. The summed E-state index contributed by atoms with van der Waals surface area (Å²) in [5, 5.41) is 5.90. The van der Waals surface area contributed by atoms with Crippen LogP contribution in [0.2, 0.25) is 0 Å². The van der Waals surface area contributed by atoms with Gasteiger partial charge in [-0.1, -0.05) is 86.6 Å². The molecule has 0 bridgehead atoms. The van der Waals surface area contributed by atoms with Gasteiger partial charge in [0.15, 0.2) is 0 Å². The van der Waals surface area contributed by atoms with Crippen LogP contribution in [0, 0.1) is 0 Å². The number of aromatic nitrogens is 1. The summed E-state index contributed by atoms with van der Waals surface area (Å²) < 4.78 is 15.2. The Kier molecular flexibility index (Phi) is 4.52. The number of hydrogen-bond acceptors (Lipinski definition) is 2. The molecule has 0 saturated heterocycles. The van der Waals surface area contributed by atoms with Crippen LogP contribution in [-0.4, -0.2) is 4.57 Å². The van der Waals surface area contributed by atoms with Crippen LogP contribution in [0.3, 0.4) is 0 Å². The molecule has 3 heteroatoms. The van der Waals surface area contributed by atoms with Gasteiger partial charge in [0, 0.05) is 49.2 Å². The maximum absolute atomic E-state index is 6.52. The Morgan fingerprint density at radius 3 is 2.20 bits per heavy atom. The molecule has 208 valence electrons. The number of rotatable bonds is 2. The van der Waals surface area contributed by atoms with Gasteiger partial charge in [0.25, 0.3) is 0 Å². The van der Waals surface area contributed by atoms with Crippen LogP contribution in [0.4, 0.5) is 0 Å². The summed E-state index contributed by atoms with van der Waals surface area (Å²) in [4.78, 5) is 0. The molecule has 10 rings (SSSR count). The zero-order chi connectivity index (χ0) is 29.2. The predicted octanol–water partition coefficient (Wildman–Crippen LogP) is 11.4. The highest BCUT2D eigenvalue weighted by atomic mass is 16.3. The van der Waals surface area contributed by atoms with Crippen molar-refractivity contribution in [1.29, 1.82) is 0 Å². The maximum atomic E-state index is 6.52. The lowest BCUT2D eigenvalue weighted by atomic mass is 9.82. The van der Waals surface area contributed by atoms with E-state index in [0.29, 0.717) is 0 Å². The van der Waals surface area contributed by atoms with E-state index in [1.54, 1.807) is 0 Å². The third-order valence-electron chi connectivity index (χ3n) is 9.81. The van der Waals surface area contributed by atoms with Crippen molar-refractivity contribution >= 4 is 54.7 Å². The summed E-state index contributed by atoms with van der Waals surface area (Å²) in [6, 6.07) is 45.6.